The molecule has 0 bridgehead atoms. The lowest BCUT2D eigenvalue weighted by molar-refractivity contribution is -0.120. The number of carbonyl (C=O) groups is 1. The molecule has 0 saturated heterocycles. The van der Waals surface area contributed by atoms with Crippen LogP contribution in [-0.2, 0) is 9.53 Å². The molecule has 2 nitrogen and oxygen atoms in total. The maximum absolute atomic E-state index is 10.1. The molecular formula is C4H7IO2. The van der Waals surface area contributed by atoms with E-state index in [1.807, 2.05) is 22.6 Å². The normalized spacial score (nSPS) is 8.86. The van der Waals surface area contributed by atoms with Gasteiger partial charge in [-0.25, -0.2) is 0 Å². The van der Waals surface area contributed by atoms with Crippen molar-refractivity contribution in [2.45, 2.75) is 6.92 Å². The quantitative estimate of drug-likeness (QED) is 0.517. The number of ether oxygens (including phenoxy) is 1. The van der Waals surface area contributed by atoms with Gasteiger partial charge in [0.25, 0.3) is 0 Å². The lowest BCUT2D eigenvalue weighted by Crippen LogP contribution is -2.01. The van der Waals surface area contributed by atoms with Gasteiger partial charge in [-0.15, -0.1) is 0 Å². The van der Waals surface area contributed by atoms with E-state index in [-0.39, 0.29) is 12.4 Å². The van der Waals surface area contributed by atoms with Gasteiger partial charge in [-0.2, -0.15) is 0 Å². The summed E-state index contributed by atoms with van der Waals surface area (Å²) in [7, 11) is 0. The average molecular weight is 214 g/mol. The third-order valence-corrected chi connectivity index (χ3v) is 0.823. The standard InChI is InChI=1S/C4H7IO2/c1-4(6)2-7-3-5/h2-3H2,1H3. The molecule has 0 heterocycles. The summed E-state index contributed by atoms with van der Waals surface area (Å²) in [6, 6.07) is 0. The molecule has 0 rings (SSSR count). The van der Waals surface area contributed by atoms with E-state index in [4.69, 9.17) is 4.74 Å². The lowest BCUT2D eigenvalue weighted by Gasteiger charge is -1.90. The van der Waals surface area contributed by atoms with Gasteiger partial charge in [0.15, 0.2) is 5.78 Å². The Labute approximate surface area is 56.4 Å². The van der Waals surface area contributed by atoms with E-state index in [0.717, 1.165) is 0 Å². The van der Waals surface area contributed by atoms with Gasteiger partial charge in [-0.1, -0.05) is 22.6 Å². The number of rotatable bonds is 3. The summed E-state index contributed by atoms with van der Waals surface area (Å²) in [6.07, 6.45) is 0. The first-order chi connectivity index (χ1) is 3.27. The zero-order valence-electron chi connectivity index (χ0n) is 4.11. The largest absolute Gasteiger partial charge is 0.363 e. The van der Waals surface area contributed by atoms with Crippen LogP contribution in [0.25, 0.3) is 0 Å². The van der Waals surface area contributed by atoms with Crippen molar-refractivity contribution >= 4 is 28.4 Å². The Morgan fingerprint density at radius 1 is 1.86 bits per heavy atom. The molecule has 0 saturated carbocycles. The van der Waals surface area contributed by atoms with Crippen LogP contribution in [0.4, 0.5) is 0 Å². The highest BCUT2D eigenvalue weighted by Crippen LogP contribution is 1.82. The molecule has 0 fully saturated rings. The Balaban J connectivity index is 2.82. The third-order valence-electron chi connectivity index (χ3n) is 0.382. The van der Waals surface area contributed by atoms with Crippen molar-refractivity contribution in [3.05, 3.63) is 0 Å². The Morgan fingerprint density at radius 3 is 2.57 bits per heavy atom. The van der Waals surface area contributed by atoms with Gasteiger partial charge in [-0.3, -0.25) is 4.79 Å². The Bertz CT molecular complexity index is 62.7. The van der Waals surface area contributed by atoms with Crippen LogP contribution in [0.2, 0.25) is 0 Å². The van der Waals surface area contributed by atoms with Crippen molar-refractivity contribution in [2.75, 3.05) is 11.2 Å². The first-order valence-corrected chi connectivity index (χ1v) is 3.43. The fourth-order valence-electron chi connectivity index (χ4n) is 0.182. The molecular weight excluding hydrogens is 207 g/mol. The molecule has 0 aromatic rings. The van der Waals surface area contributed by atoms with E-state index in [1.54, 1.807) is 0 Å². The molecule has 0 aromatic heterocycles. The number of ketones is 1. The summed E-state index contributed by atoms with van der Waals surface area (Å²) in [6.45, 7) is 1.76. The van der Waals surface area contributed by atoms with Crippen LogP contribution in [0, 0.1) is 0 Å². The first-order valence-electron chi connectivity index (χ1n) is 1.90. The van der Waals surface area contributed by atoms with Gasteiger partial charge in [-0.05, 0) is 6.92 Å². The highest BCUT2D eigenvalue weighted by molar-refractivity contribution is 14.1. The summed E-state index contributed by atoms with van der Waals surface area (Å²) >= 11 is 2.05. The minimum absolute atomic E-state index is 0.0802. The Morgan fingerprint density at radius 2 is 2.43 bits per heavy atom. The van der Waals surface area contributed by atoms with E-state index in [1.165, 1.54) is 6.92 Å². The highest BCUT2D eigenvalue weighted by Gasteiger charge is 1.87. The van der Waals surface area contributed by atoms with Crippen LogP contribution >= 0.6 is 22.6 Å². The number of carbonyl (C=O) groups excluding carboxylic acids is 1. The van der Waals surface area contributed by atoms with Gasteiger partial charge in [0.2, 0.25) is 0 Å². The molecule has 0 aliphatic heterocycles. The molecule has 0 aromatic carbocycles. The van der Waals surface area contributed by atoms with Crippen LogP contribution in [-0.4, -0.2) is 17.0 Å². The number of alkyl halides is 1. The monoisotopic (exact) mass is 214 g/mol. The second kappa shape index (κ2) is 4.52. The SMILES string of the molecule is CC(=O)COCI. The minimum Gasteiger partial charge on any atom is -0.363 e. The molecule has 0 aliphatic rings. The average Bonchev–Trinajstić information content (AvgIpc) is 1.61. The molecule has 7 heavy (non-hydrogen) atoms. The first kappa shape index (κ1) is 7.36. The summed E-state index contributed by atoms with van der Waals surface area (Å²) in [5.41, 5.74) is 0. The summed E-state index contributed by atoms with van der Waals surface area (Å²) in [5.74, 6) is 0.0802. The maximum atomic E-state index is 10.1. The topological polar surface area (TPSA) is 26.3 Å². The van der Waals surface area contributed by atoms with Gasteiger partial charge < -0.3 is 4.74 Å². The zero-order chi connectivity index (χ0) is 5.70. The molecule has 42 valence electrons. The predicted octanol–water partition coefficient (Wildman–Crippen LogP) is 0.985. The van der Waals surface area contributed by atoms with E-state index in [2.05, 4.69) is 0 Å². The molecule has 0 unspecified atom stereocenters. The van der Waals surface area contributed by atoms with Crippen molar-refractivity contribution in [2.24, 2.45) is 0 Å². The van der Waals surface area contributed by atoms with E-state index < -0.39 is 0 Å². The Kier molecular flexibility index (Phi) is 4.75. The lowest BCUT2D eigenvalue weighted by atomic mass is 10.5. The van der Waals surface area contributed by atoms with E-state index in [0.29, 0.717) is 4.61 Å². The highest BCUT2D eigenvalue weighted by atomic mass is 127. The van der Waals surface area contributed by atoms with Crippen LogP contribution in [0.3, 0.4) is 0 Å². The fourth-order valence-corrected chi connectivity index (χ4v) is 0.403. The number of Topliss-reactive ketones (excluding diaryl/α,β-unsaturated/α-hetero) is 1. The van der Waals surface area contributed by atoms with Crippen molar-refractivity contribution < 1.29 is 9.53 Å². The van der Waals surface area contributed by atoms with Gasteiger partial charge >= 0.3 is 0 Å². The number of halogens is 1. The van der Waals surface area contributed by atoms with Crippen LogP contribution in [0.1, 0.15) is 6.92 Å². The molecule has 0 N–H and O–H groups in total. The van der Waals surface area contributed by atoms with Crippen molar-refractivity contribution in [1.82, 2.24) is 0 Å². The van der Waals surface area contributed by atoms with Crippen LogP contribution in [0.15, 0.2) is 0 Å². The molecule has 0 spiro atoms. The fraction of sp³-hybridized carbons (Fsp3) is 0.750. The van der Waals surface area contributed by atoms with Crippen LogP contribution < -0.4 is 0 Å². The Hall–Kier alpha value is 0.360. The summed E-state index contributed by atoms with van der Waals surface area (Å²) in [4.78, 5) is 10.1. The summed E-state index contributed by atoms with van der Waals surface area (Å²) < 4.78 is 5.33. The molecule has 3 heteroatoms. The van der Waals surface area contributed by atoms with Crippen molar-refractivity contribution in [3.63, 3.8) is 0 Å². The van der Waals surface area contributed by atoms with E-state index >= 15 is 0 Å². The van der Waals surface area contributed by atoms with Crippen molar-refractivity contribution in [1.29, 1.82) is 0 Å². The summed E-state index contributed by atoms with van der Waals surface area (Å²) in [5, 5.41) is 0. The number of hydrogen-bond donors (Lipinski definition) is 0. The predicted molar refractivity (Wildman–Crippen MR) is 35.5 cm³/mol. The van der Waals surface area contributed by atoms with Crippen LogP contribution in [0.5, 0.6) is 0 Å². The number of hydrogen-bond acceptors (Lipinski definition) is 2. The second-order valence-electron chi connectivity index (χ2n) is 1.16. The van der Waals surface area contributed by atoms with Crippen molar-refractivity contribution in [3.8, 4) is 0 Å². The van der Waals surface area contributed by atoms with Gasteiger partial charge in [0, 0.05) is 0 Å². The molecule has 0 atom stereocenters. The zero-order valence-corrected chi connectivity index (χ0v) is 6.27. The second-order valence-corrected chi connectivity index (χ2v) is 1.78. The third kappa shape index (κ3) is 6.36. The maximum Gasteiger partial charge on any atom is 0.155 e. The smallest absolute Gasteiger partial charge is 0.155 e. The molecule has 0 aliphatic carbocycles. The van der Waals surface area contributed by atoms with Gasteiger partial charge in [0.05, 0.1) is 4.61 Å². The van der Waals surface area contributed by atoms with E-state index in [9.17, 15) is 4.79 Å². The van der Waals surface area contributed by atoms with Gasteiger partial charge in [0.1, 0.15) is 6.61 Å². The molecule has 0 amide bonds. The minimum atomic E-state index is 0.0802. The molecule has 0 radical (unpaired) electrons.